The minimum atomic E-state index is 0.253. The van der Waals surface area contributed by atoms with Crippen LogP contribution in [0.4, 0.5) is 0 Å². The number of nitrogens with zero attached hydrogens (tertiary/aromatic N) is 1. The number of hydrogen-bond acceptors (Lipinski definition) is 4. The Kier molecular flexibility index (Phi) is 6.84. The van der Waals surface area contributed by atoms with Gasteiger partial charge in [-0.2, -0.15) is 0 Å². The first-order valence-corrected chi connectivity index (χ1v) is 6.26. The summed E-state index contributed by atoms with van der Waals surface area (Å²) in [4.78, 5) is 7.45. The number of aromatic nitrogens is 2. The number of ether oxygens (including phenoxy) is 1. The van der Waals surface area contributed by atoms with E-state index in [1.165, 1.54) is 0 Å². The molecule has 17 heavy (non-hydrogen) atoms. The molecule has 0 radical (unpaired) electrons. The van der Waals surface area contributed by atoms with Crippen molar-refractivity contribution in [2.75, 3.05) is 20.3 Å². The van der Waals surface area contributed by atoms with Crippen LogP contribution in [-0.2, 0) is 4.74 Å². The fourth-order valence-corrected chi connectivity index (χ4v) is 1.92. The molecule has 0 saturated heterocycles. The normalized spacial score (nSPS) is 14.8. The maximum atomic E-state index is 5.54. The van der Waals surface area contributed by atoms with Crippen molar-refractivity contribution in [1.82, 2.24) is 15.3 Å². The van der Waals surface area contributed by atoms with Crippen molar-refractivity contribution in [3.05, 3.63) is 18.2 Å². The Bertz CT molecular complexity index is 276. The Hall–Kier alpha value is -0.910. The van der Waals surface area contributed by atoms with Crippen molar-refractivity contribution >= 4 is 0 Å². The predicted octanol–water partition coefficient (Wildman–Crippen LogP) is 1.20. The summed E-state index contributed by atoms with van der Waals surface area (Å²) in [5.74, 6) is 0.987. The van der Waals surface area contributed by atoms with Crippen molar-refractivity contribution in [3.8, 4) is 0 Å². The smallest absolute Gasteiger partial charge is 0.123 e. The number of nitrogens with one attached hydrogen (secondary N) is 2. The lowest BCUT2D eigenvalue weighted by Gasteiger charge is -2.23. The van der Waals surface area contributed by atoms with Gasteiger partial charge in [-0.15, -0.1) is 0 Å². The van der Waals surface area contributed by atoms with Crippen LogP contribution in [0, 0.1) is 0 Å². The van der Waals surface area contributed by atoms with Crippen molar-refractivity contribution in [3.63, 3.8) is 0 Å². The Morgan fingerprint density at radius 3 is 2.94 bits per heavy atom. The molecule has 0 amide bonds. The number of H-pyrrole nitrogens is 1. The first kappa shape index (κ1) is 14.2. The van der Waals surface area contributed by atoms with Crippen molar-refractivity contribution in [2.24, 2.45) is 5.73 Å². The molecule has 0 aromatic carbocycles. The van der Waals surface area contributed by atoms with E-state index in [1.807, 2.05) is 6.20 Å². The van der Waals surface area contributed by atoms with Crippen molar-refractivity contribution < 1.29 is 4.74 Å². The van der Waals surface area contributed by atoms with Crippen LogP contribution in [0.15, 0.2) is 12.4 Å². The van der Waals surface area contributed by atoms with Gasteiger partial charge >= 0.3 is 0 Å². The highest BCUT2D eigenvalue weighted by Crippen LogP contribution is 2.13. The minimum absolute atomic E-state index is 0.253. The van der Waals surface area contributed by atoms with E-state index in [2.05, 4.69) is 22.2 Å². The topological polar surface area (TPSA) is 76.0 Å². The summed E-state index contributed by atoms with van der Waals surface area (Å²) < 4.78 is 5.23. The average Bonchev–Trinajstić information content (AvgIpc) is 2.86. The van der Waals surface area contributed by atoms with Gasteiger partial charge in [0, 0.05) is 25.5 Å². The van der Waals surface area contributed by atoms with Gasteiger partial charge in [0.15, 0.2) is 0 Å². The number of rotatable bonds is 9. The highest BCUT2D eigenvalue weighted by molar-refractivity contribution is 4.96. The van der Waals surface area contributed by atoms with Crippen LogP contribution in [0.5, 0.6) is 0 Å². The zero-order chi connectivity index (χ0) is 12.5. The number of imidazole rings is 1. The molecular formula is C12H24N4O. The third kappa shape index (κ3) is 4.85. The van der Waals surface area contributed by atoms with Gasteiger partial charge in [-0.1, -0.05) is 6.92 Å². The summed E-state index contributed by atoms with van der Waals surface area (Å²) in [6.45, 7) is 3.57. The minimum Gasteiger partial charge on any atom is -0.383 e. The first-order chi connectivity index (χ1) is 8.31. The zero-order valence-corrected chi connectivity index (χ0v) is 10.8. The lowest BCUT2D eigenvalue weighted by atomic mass is 10.1. The molecule has 1 aromatic rings. The van der Waals surface area contributed by atoms with Gasteiger partial charge in [-0.25, -0.2) is 4.98 Å². The number of hydrogen-bond donors (Lipinski definition) is 3. The quantitative estimate of drug-likeness (QED) is 0.606. The molecular weight excluding hydrogens is 216 g/mol. The monoisotopic (exact) mass is 240 g/mol. The van der Waals surface area contributed by atoms with Crippen molar-refractivity contribution in [1.29, 1.82) is 0 Å². The summed E-state index contributed by atoms with van der Waals surface area (Å²) in [5.41, 5.74) is 5.54. The zero-order valence-electron chi connectivity index (χ0n) is 10.8. The summed E-state index contributed by atoms with van der Waals surface area (Å²) in [6, 6.07) is 0.585. The molecule has 0 bridgehead atoms. The van der Waals surface area contributed by atoms with E-state index in [1.54, 1.807) is 13.3 Å². The van der Waals surface area contributed by atoms with E-state index in [0.29, 0.717) is 12.6 Å². The largest absolute Gasteiger partial charge is 0.383 e. The molecule has 0 aliphatic rings. The van der Waals surface area contributed by atoms with Crippen LogP contribution in [-0.4, -0.2) is 36.3 Å². The van der Waals surface area contributed by atoms with Crippen LogP contribution in [0.1, 0.15) is 38.1 Å². The Labute approximate surface area is 103 Å². The van der Waals surface area contributed by atoms with Gasteiger partial charge in [0.2, 0.25) is 0 Å². The fourth-order valence-electron chi connectivity index (χ4n) is 1.92. The lowest BCUT2D eigenvalue weighted by Crippen LogP contribution is -2.37. The second kappa shape index (κ2) is 8.22. The Balaban J connectivity index is 2.50. The molecule has 0 aliphatic carbocycles. The van der Waals surface area contributed by atoms with Gasteiger partial charge in [0.25, 0.3) is 0 Å². The van der Waals surface area contributed by atoms with Crippen molar-refractivity contribution in [2.45, 2.75) is 38.3 Å². The van der Waals surface area contributed by atoms with Gasteiger partial charge in [0.05, 0.1) is 12.6 Å². The van der Waals surface area contributed by atoms with Gasteiger partial charge in [-0.05, 0) is 25.8 Å². The van der Waals surface area contributed by atoms with E-state index in [9.17, 15) is 0 Å². The summed E-state index contributed by atoms with van der Waals surface area (Å²) in [7, 11) is 1.73. The van der Waals surface area contributed by atoms with E-state index < -0.39 is 0 Å². The van der Waals surface area contributed by atoms with Crippen LogP contribution >= 0.6 is 0 Å². The van der Waals surface area contributed by atoms with Crippen LogP contribution in [0.2, 0.25) is 0 Å². The second-order valence-electron chi connectivity index (χ2n) is 4.19. The molecule has 2 unspecified atom stereocenters. The standard InChI is InChI=1S/C12H24N4O/c1-3-11(12-14-7-8-15-12)16-10(9-17-2)5-4-6-13/h7-8,10-11,16H,3-6,9,13H2,1-2H3,(H,14,15). The van der Waals surface area contributed by atoms with Gasteiger partial charge in [-0.3, -0.25) is 0 Å². The van der Waals surface area contributed by atoms with Crippen LogP contribution in [0.25, 0.3) is 0 Å². The van der Waals surface area contributed by atoms with E-state index >= 15 is 0 Å². The molecule has 0 spiro atoms. The predicted molar refractivity (Wildman–Crippen MR) is 68.7 cm³/mol. The van der Waals surface area contributed by atoms with Gasteiger partial charge in [0.1, 0.15) is 5.82 Å². The van der Waals surface area contributed by atoms with Gasteiger partial charge < -0.3 is 20.8 Å². The highest BCUT2D eigenvalue weighted by atomic mass is 16.5. The molecule has 1 rings (SSSR count). The summed E-state index contributed by atoms with van der Waals surface area (Å²) >= 11 is 0. The molecule has 4 N–H and O–H groups in total. The Morgan fingerprint density at radius 2 is 2.41 bits per heavy atom. The number of methoxy groups -OCH3 is 1. The lowest BCUT2D eigenvalue weighted by molar-refractivity contribution is 0.154. The van der Waals surface area contributed by atoms with E-state index in [-0.39, 0.29) is 6.04 Å². The van der Waals surface area contributed by atoms with E-state index in [4.69, 9.17) is 10.5 Å². The van der Waals surface area contributed by atoms with E-state index in [0.717, 1.165) is 31.6 Å². The first-order valence-electron chi connectivity index (χ1n) is 6.26. The maximum absolute atomic E-state index is 5.54. The molecule has 5 nitrogen and oxygen atoms in total. The second-order valence-corrected chi connectivity index (χ2v) is 4.19. The number of nitrogens with two attached hydrogens (primary N) is 1. The Morgan fingerprint density at radius 1 is 1.59 bits per heavy atom. The highest BCUT2D eigenvalue weighted by Gasteiger charge is 2.16. The van der Waals surface area contributed by atoms with Crippen LogP contribution in [0.3, 0.4) is 0 Å². The maximum Gasteiger partial charge on any atom is 0.123 e. The molecule has 1 aromatic heterocycles. The summed E-state index contributed by atoms with van der Waals surface area (Å²) in [5, 5.41) is 3.57. The average molecular weight is 240 g/mol. The molecule has 0 saturated carbocycles. The third-order valence-electron chi connectivity index (χ3n) is 2.82. The molecule has 0 aliphatic heterocycles. The SMILES string of the molecule is CCC(NC(CCCN)COC)c1ncc[nH]1. The third-order valence-corrected chi connectivity index (χ3v) is 2.82. The molecule has 1 heterocycles. The summed E-state index contributed by atoms with van der Waals surface area (Å²) in [6.07, 6.45) is 6.67. The number of aromatic amines is 1. The van der Waals surface area contributed by atoms with Crippen LogP contribution < -0.4 is 11.1 Å². The molecule has 0 fully saturated rings. The molecule has 5 heteroatoms. The molecule has 98 valence electrons. The fraction of sp³-hybridized carbons (Fsp3) is 0.750. The molecule has 2 atom stereocenters.